The summed E-state index contributed by atoms with van der Waals surface area (Å²) in [5, 5.41) is 2.82. The van der Waals surface area contributed by atoms with E-state index in [9.17, 15) is 14.4 Å². The Kier molecular flexibility index (Phi) is 2.84. The van der Waals surface area contributed by atoms with E-state index < -0.39 is 0 Å². The summed E-state index contributed by atoms with van der Waals surface area (Å²) in [6.45, 7) is -0.0822. The first-order chi connectivity index (χ1) is 8.66. The summed E-state index contributed by atoms with van der Waals surface area (Å²) in [5.41, 5.74) is 0. The second kappa shape index (κ2) is 4.37. The Morgan fingerprint density at radius 3 is 2.11 bits per heavy atom. The largest absolute Gasteiger partial charge is 0.352 e. The Morgan fingerprint density at radius 2 is 1.61 bits per heavy atom. The Bertz CT molecular complexity index is 379. The van der Waals surface area contributed by atoms with Gasteiger partial charge in [0.1, 0.15) is 6.54 Å². The molecule has 1 heterocycles. The van der Waals surface area contributed by atoms with Crippen LogP contribution < -0.4 is 5.32 Å². The zero-order chi connectivity index (χ0) is 12.7. The van der Waals surface area contributed by atoms with Crippen molar-refractivity contribution in [2.45, 2.75) is 44.6 Å². The maximum Gasteiger partial charge on any atom is 0.240 e. The highest BCUT2D eigenvalue weighted by atomic mass is 16.2. The highest BCUT2D eigenvalue weighted by Crippen LogP contribution is 2.37. The van der Waals surface area contributed by atoms with Crippen molar-refractivity contribution in [3.8, 4) is 0 Å². The topological polar surface area (TPSA) is 66.5 Å². The second-order valence-corrected chi connectivity index (χ2v) is 5.60. The molecule has 98 valence electrons. The fourth-order valence-corrected chi connectivity index (χ4v) is 3.03. The fourth-order valence-electron chi connectivity index (χ4n) is 3.03. The quantitative estimate of drug-likeness (QED) is 0.739. The van der Waals surface area contributed by atoms with E-state index in [-0.39, 0.29) is 42.1 Å². The number of carbonyl (C=O) groups is 3. The molecule has 5 nitrogen and oxygen atoms in total. The summed E-state index contributed by atoms with van der Waals surface area (Å²) in [4.78, 5) is 37.1. The summed E-state index contributed by atoms with van der Waals surface area (Å²) < 4.78 is 0. The maximum atomic E-state index is 12.1. The molecule has 1 aliphatic heterocycles. The van der Waals surface area contributed by atoms with E-state index in [0.717, 1.165) is 38.5 Å². The molecule has 2 saturated carbocycles. The van der Waals surface area contributed by atoms with E-state index >= 15 is 0 Å². The predicted molar refractivity (Wildman–Crippen MR) is 63.3 cm³/mol. The van der Waals surface area contributed by atoms with Gasteiger partial charge in [0.25, 0.3) is 0 Å². The van der Waals surface area contributed by atoms with Gasteiger partial charge in [-0.05, 0) is 25.7 Å². The van der Waals surface area contributed by atoms with E-state index in [2.05, 4.69) is 5.32 Å². The van der Waals surface area contributed by atoms with Crippen molar-refractivity contribution in [2.24, 2.45) is 11.8 Å². The van der Waals surface area contributed by atoms with Crippen molar-refractivity contribution in [3.05, 3.63) is 0 Å². The van der Waals surface area contributed by atoms with Crippen LogP contribution in [0.5, 0.6) is 0 Å². The van der Waals surface area contributed by atoms with Gasteiger partial charge >= 0.3 is 0 Å². The molecule has 3 aliphatic rings. The number of hydrogen-bond acceptors (Lipinski definition) is 3. The number of amides is 3. The molecule has 1 N–H and O–H groups in total. The average molecular weight is 250 g/mol. The van der Waals surface area contributed by atoms with Gasteiger partial charge in [-0.15, -0.1) is 0 Å². The van der Waals surface area contributed by atoms with Gasteiger partial charge in [-0.25, -0.2) is 0 Å². The average Bonchev–Trinajstić information content (AvgIpc) is 3.14. The molecule has 3 amide bonds. The lowest BCUT2D eigenvalue weighted by atomic mass is 9.81. The minimum absolute atomic E-state index is 0.0822. The van der Waals surface area contributed by atoms with Crippen molar-refractivity contribution >= 4 is 17.7 Å². The van der Waals surface area contributed by atoms with E-state index in [4.69, 9.17) is 0 Å². The molecule has 2 aliphatic carbocycles. The van der Waals surface area contributed by atoms with Crippen molar-refractivity contribution < 1.29 is 14.4 Å². The van der Waals surface area contributed by atoms with Crippen LogP contribution in [-0.2, 0) is 14.4 Å². The molecule has 0 unspecified atom stereocenters. The molecule has 0 radical (unpaired) electrons. The third-order valence-corrected chi connectivity index (χ3v) is 4.18. The molecule has 3 fully saturated rings. The smallest absolute Gasteiger partial charge is 0.240 e. The minimum Gasteiger partial charge on any atom is -0.352 e. The number of nitrogens with zero attached hydrogens (tertiary/aromatic N) is 1. The molecule has 1 saturated heterocycles. The number of carbonyl (C=O) groups excluding carboxylic acids is 3. The van der Waals surface area contributed by atoms with Crippen LogP contribution in [0.1, 0.15) is 38.5 Å². The summed E-state index contributed by atoms with van der Waals surface area (Å²) in [6, 6.07) is 0.271. The summed E-state index contributed by atoms with van der Waals surface area (Å²) >= 11 is 0. The summed E-state index contributed by atoms with van der Waals surface area (Å²) in [6.07, 6.45) is 5.66. The highest BCUT2D eigenvalue weighted by molar-refractivity contribution is 6.07. The number of rotatable bonds is 3. The van der Waals surface area contributed by atoms with Crippen molar-refractivity contribution in [3.63, 3.8) is 0 Å². The van der Waals surface area contributed by atoms with Crippen molar-refractivity contribution in [1.29, 1.82) is 0 Å². The third-order valence-electron chi connectivity index (χ3n) is 4.18. The molecule has 0 aromatic carbocycles. The lowest BCUT2D eigenvalue weighted by Gasteiger charge is -2.19. The van der Waals surface area contributed by atoms with Crippen molar-refractivity contribution in [1.82, 2.24) is 10.2 Å². The number of imide groups is 1. The van der Waals surface area contributed by atoms with Crippen LogP contribution in [-0.4, -0.2) is 35.2 Å². The Morgan fingerprint density at radius 1 is 1.06 bits per heavy atom. The SMILES string of the molecule is O=C(CN1C(=O)[C@@H]2CCCC[C@H]2C1=O)NC1CC1. The van der Waals surface area contributed by atoms with Crippen LogP contribution in [0.2, 0.25) is 0 Å². The first-order valence-electron chi connectivity index (χ1n) is 6.81. The zero-order valence-corrected chi connectivity index (χ0v) is 10.4. The van der Waals surface area contributed by atoms with E-state index in [0.29, 0.717) is 0 Å². The van der Waals surface area contributed by atoms with Crippen LogP contribution >= 0.6 is 0 Å². The van der Waals surface area contributed by atoms with Crippen LogP contribution in [0.3, 0.4) is 0 Å². The van der Waals surface area contributed by atoms with Crippen LogP contribution in [0.15, 0.2) is 0 Å². The second-order valence-electron chi connectivity index (χ2n) is 5.60. The van der Waals surface area contributed by atoms with E-state index in [1.807, 2.05) is 0 Å². The van der Waals surface area contributed by atoms with E-state index in [1.165, 1.54) is 4.90 Å². The minimum atomic E-state index is -0.196. The molecular weight excluding hydrogens is 232 g/mol. The first kappa shape index (κ1) is 11.7. The van der Waals surface area contributed by atoms with Crippen molar-refractivity contribution in [2.75, 3.05) is 6.54 Å². The first-order valence-corrected chi connectivity index (χ1v) is 6.81. The monoisotopic (exact) mass is 250 g/mol. The predicted octanol–water partition coefficient (Wildman–Crippen LogP) is 0.440. The molecule has 0 aromatic rings. The number of likely N-dealkylation sites (tertiary alicyclic amines) is 1. The maximum absolute atomic E-state index is 12.1. The van der Waals surface area contributed by atoms with Gasteiger partial charge in [-0.3, -0.25) is 19.3 Å². The van der Waals surface area contributed by atoms with Gasteiger partial charge in [0.2, 0.25) is 17.7 Å². The lowest BCUT2D eigenvalue weighted by Crippen LogP contribution is -2.41. The molecule has 2 atom stereocenters. The molecule has 3 rings (SSSR count). The van der Waals surface area contributed by atoms with Crippen LogP contribution in [0.25, 0.3) is 0 Å². The number of nitrogens with one attached hydrogen (secondary N) is 1. The number of fused-ring (bicyclic) bond motifs is 1. The summed E-state index contributed by atoms with van der Waals surface area (Å²) in [7, 11) is 0. The fraction of sp³-hybridized carbons (Fsp3) is 0.769. The van der Waals surface area contributed by atoms with Gasteiger partial charge in [-0.2, -0.15) is 0 Å². The molecule has 18 heavy (non-hydrogen) atoms. The van der Waals surface area contributed by atoms with Gasteiger partial charge < -0.3 is 5.32 Å². The molecular formula is C13H18N2O3. The highest BCUT2D eigenvalue weighted by Gasteiger charge is 2.48. The normalized spacial score (nSPS) is 31.4. The molecule has 5 heteroatoms. The van der Waals surface area contributed by atoms with E-state index in [1.54, 1.807) is 0 Å². The van der Waals surface area contributed by atoms with Gasteiger partial charge in [-0.1, -0.05) is 12.8 Å². The Balaban J connectivity index is 1.65. The van der Waals surface area contributed by atoms with Gasteiger partial charge in [0, 0.05) is 6.04 Å². The standard InChI is InChI=1S/C13H18N2O3/c16-11(14-8-5-6-8)7-15-12(17)9-3-1-2-4-10(9)13(15)18/h8-10H,1-7H2,(H,14,16)/t9-,10-/m1/s1. The Hall–Kier alpha value is -1.39. The number of hydrogen-bond donors (Lipinski definition) is 1. The van der Waals surface area contributed by atoms with Crippen LogP contribution in [0, 0.1) is 11.8 Å². The Labute approximate surface area is 106 Å². The third kappa shape index (κ3) is 2.02. The van der Waals surface area contributed by atoms with Gasteiger partial charge in [0.15, 0.2) is 0 Å². The lowest BCUT2D eigenvalue weighted by molar-refractivity contribution is -0.143. The zero-order valence-electron chi connectivity index (χ0n) is 10.4. The molecule has 0 aromatic heterocycles. The molecule has 0 spiro atoms. The van der Waals surface area contributed by atoms with Crippen LogP contribution in [0.4, 0.5) is 0 Å². The van der Waals surface area contributed by atoms with Gasteiger partial charge in [0.05, 0.1) is 11.8 Å². The molecule has 0 bridgehead atoms. The summed E-state index contributed by atoms with van der Waals surface area (Å²) in [5.74, 6) is -0.760.